The molecule has 0 aliphatic heterocycles. The fourth-order valence-electron chi connectivity index (χ4n) is 2.45. The number of ether oxygens (including phenoxy) is 1. The van der Waals surface area contributed by atoms with Crippen LogP contribution in [-0.4, -0.2) is 30.9 Å². The lowest BCUT2D eigenvalue weighted by Gasteiger charge is -2.19. The molecule has 26 heavy (non-hydrogen) atoms. The predicted molar refractivity (Wildman–Crippen MR) is 88.1 cm³/mol. The van der Waals surface area contributed by atoms with Gasteiger partial charge < -0.3 is 9.72 Å². The van der Waals surface area contributed by atoms with Gasteiger partial charge in [0.15, 0.2) is 0 Å². The van der Waals surface area contributed by atoms with Crippen LogP contribution in [0.4, 0.5) is 13.2 Å². The van der Waals surface area contributed by atoms with Gasteiger partial charge >= 0.3 is 11.9 Å². The minimum atomic E-state index is -4.74. The molecule has 2 rings (SSSR count). The Morgan fingerprint density at radius 3 is 2.42 bits per heavy atom. The van der Waals surface area contributed by atoms with E-state index in [0.29, 0.717) is 6.07 Å². The molecule has 0 amide bonds. The van der Waals surface area contributed by atoms with Gasteiger partial charge in [-0.25, -0.2) is 18.0 Å². The molecule has 8 nitrogen and oxygen atoms in total. The predicted octanol–water partition coefficient (Wildman–Crippen LogP) is 1.31. The number of nitrogens with zero attached hydrogens (tertiary/aromatic N) is 1. The van der Waals surface area contributed by atoms with Gasteiger partial charge in [-0.3, -0.25) is 4.79 Å². The zero-order valence-corrected chi connectivity index (χ0v) is 14.8. The number of hydrogen-bond acceptors (Lipinski definition) is 5. The Labute approximate surface area is 145 Å². The van der Waals surface area contributed by atoms with Crippen molar-refractivity contribution in [3.05, 3.63) is 44.1 Å². The van der Waals surface area contributed by atoms with Crippen molar-refractivity contribution in [1.29, 1.82) is 0 Å². The quantitative estimate of drug-likeness (QED) is 0.793. The Balaban J connectivity index is 2.86. The van der Waals surface area contributed by atoms with Gasteiger partial charge in [0.1, 0.15) is 0 Å². The number of rotatable bonds is 5. The number of nitrogens with one attached hydrogen (secondary N) is 2. The molecule has 12 heteroatoms. The number of aromatic nitrogens is 2. The van der Waals surface area contributed by atoms with Crippen molar-refractivity contribution in [1.82, 2.24) is 9.66 Å². The zero-order chi connectivity index (χ0) is 19.9. The Bertz CT molecular complexity index is 1060. The SMILES string of the molecule is CCOC(C)c1cc2c(=O)n(NS(C)(=O)=O)c(=O)[nH]c2cc1C(F)(F)F. The maximum atomic E-state index is 13.4. The molecule has 0 saturated carbocycles. The van der Waals surface area contributed by atoms with E-state index in [4.69, 9.17) is 4.74 Å². The van der Waals surface area contributed by atoms with Gasteiger partial charge in [0, 0.05) is 6.61 Å². The Hall–Kier alpha value is -2.34. The zero-order valence-electron chi connectivity index (χ0n) is 14.0. The van der Waals surface area contributed by atoms with Crippen LogP contribution in [0.2, 0.25) is 0 Å². The first kappa shape index (κ1) is 20.0. The van der Waals surface area contributed by atoms with Gasteiger partial charge in [0.2, 0.25) is 10.0 Å². The molecule has 0 aliphatic carbocycles. The van der Waals surface area contributed by atoms with E-state index in [1.807, 2.05) is 0 Å². The van der Waals surface area contributed by atoms with Crippen LogP contribution >= 0.6 is 0 Å². The second kappa shape index (κ2) is 6.76. The number of fused-ring (bicyclic) bond motifs is 1. The molecule has 1 atom stereocenters. The van der Waals surface area contributed by atoms with E-state index < -0.39 is 39.1 Å². The summed E-state index contributed by atoms with van der Waals surface area (Å²) in [5.74, 6) is 0. The third-order valence-electron chi connectivity index (χ3n) is 3.49. The molecule has 0 fully saturated rings. The van der Waals surface area contributed by atoms with Gasteiger partial charge in [0.05, 0.1) is 28.8 Å². The molecule has 144 valence electrons. The second-order valence-electron chi connectivity index (χ2n) is 5.51. The summed E-state index contributed by atoms with van der Waals surface area (Å²) in [7, 11) is -3.97. The van der Waals surface area contributed by atoms with Crippen LogP contribution < -0.4 is 16.1 Å². The first-order valence-corrected chi connectivity index (χ1v) is 9.24. The highest BCUT2D eigenvalue weighted by Gasteiger charge is 2.35. The Morgan fingerprint density at radius 1 is 1.31 bits per heavy atom. The van der Waals surface area contributed by atoms with Crippen molar-refractivity contribution in [2.75, 3.05) is 17.7 Å². The average Bonchev–Trinajstić information content (AvgIpc) is 2.49. The highest BCUT2D eigenvalue weighted by molar-refractivity contribution is 7.91. The maximum Gasteiger partial charge on any atom is 0.416 e. The fourth-order valence-corrected chi connectivity index (χ4v) is 2.95. The van der Waals surface area contributed by atoms with E-state index in [0.717, 1.165) is 12.3 Å². The summed E-state index contributed by atoms with van der Waals surface area (Å²) < 4.78 is 68.0. The summed E-state index contributed by atoms with van der Waals surface area (Å²) in [4.78, 5) is 28.1. The molecule has 1 unspecified atom stereocenters. The van der Waals surface area contributed by atoms with Crippen LogP contribution in [0.3, 0.4) is 0 Å². The number of hydrogen-bond donors (Lipinski definition) is 2. The molecule has 2 N–H and O–H groups in total. The number of sulfonamides is 1. The third-order valence-corrected chi connectivity index (χ3v) is 4.00. The fraction of sp³-hybridized carbons (Fsp3) is 0.429. The minimum Gasteiger partial charge on any atom is -0.374 e. The molecule has 2 aromatic rings. The smallest absolute Gasteiger partial charge is 0.374 e. The van der Waals surface area contributed by atoms with E-state index in [2.05, 4.69) is 4.98 Å². The van der Waals surface area contributed by atoms with Crippen LogP contribution in [0, 0.1) is 0 Å². The van der Waals surface area contributed by atoms with Gasteiger partial charge in [-0.05, 0) is 31.5 Å². The van der Waals surface area contributed by atoms with Crippen LogP contribution in [-0.2, 0) is 20.9 Å². The summed E-state index contributed by atoms with van der Waals surface area (Å²) in [6, 6.07) is 1.57. The second-order valence-corrected chi connectivity index (χ2v) is 7.24. The summed E-state index contributed by atoms with van der Waals surface area (Å²) in [5.41, 5.74) is -4.05. The molecular formula is C14H16F3N3O5S. The topological polar surface area (TPSA) is 110 Å². The van der Waals surface area contributed by atoms with Gasteiger partial charge in [0.25, 0.3) is 5.56 Å². The first-order valence-electron chi connectivity index (χ1n) is 7.34. The number of halogens is 3. The summed E-state index contributed by atoms with van der Waals surface area (Å²) in [6.07, 6.45) is -5.01. The molecule has 0 aliphatic rings. The van der Waals surface area contributed by atoms with Crippen LogP contribution in [0.15, 0.2) is 21.7 Å². The van der Waals surface area contributed by atoms with Crippen molar-refractivity contribution >= 4 is 20.9 Å². The van der Waals surface area contributed by atoms with E-state index in [-0.39, 0.29) is 27.7 Å². The summed E-state index contributed by atoms with van der Waals surface area (Å²) in [5, 5.41) is -0.296. The summed E-state index contributed by atoms with van der Waals surface area (Å²) in [6.45, 7) is 3.13. The van der Waals surface area contributed by atoms with Crippen LogP contribution in [0.1, 0.15) is 31.1 Å². The molecule has 1 aromatic heterocycles. The standard InChI is InChI=1S/C14H16F3N3O5S/c1-4-25-7(2)8-5-9-11(6-10(8)14(15,16)17)18-13(22)20(12(9)21)19-26(3,23)24/h5-7,19H,4H2,1-3H3,(H,18,22). The van der Waals surface area contributed by atoms with Crippen molar-refractivity contribution in [2.24, 2.45) is 0 Å². The van der Waals surface area contributed by atoms with E-state index in [9.17, 15) is 31.2 Å². The van der Waals surface area contributed by atoms with E-state index in [1.54, 1.807) is 11.8 Å². The van der Waals surface area contributed by atoms with Gasteiger partial charge in [-0.2, -0.15) is 17.8 Å². The summed E-state index contributed by atoms with van der Waals surface area (Å²) >= 11 is 0. The molecular weight excluding hydrogens is 379 g/mol. The Morgan fingerprint density at radius 2 is 1.92 bits per heavy atom. The lowest BCUT2D eigenvalue weighted by atomic mass is 10.00. The highest BCUT2D eigenvalue weighted by Crippen LogP contribution is 2.37. The van der Waals surface area contributed by atoms with Crippen molar-refractivity contribution in [3.63, 3.8) is 0 Å². The van der Waals surface area contributed by atoms with Crippen molar-refractivity contribution < 1.29 is 26.3 Å². The highest BCUT2D eigenvalue weighted by atomic mass is 32.2. The molecule has 1 aromatic carbocycles. The normalized spacial score (nSPS) is 13.8. The lowest BCUT2D eigenvalue weighted by Crippen LogP contribution is -2.43. The molecule has 0 spiro atoms. The number of aromatic amines is 1. The van der Waals surface area contributed by atoms with E-state index >= 15 is 0 Å². The van der Waals surface area contributed by atoms with Crippen LogP contribution in [0.5, 0.6) is 0 Å². The van der Waals surface area contributed by atoms with Gasteiger partial charge in [-0.15, -0.1) is 0 Å². The monoisotopic (exact) mass is 395 g/mol. The third kappa shape index (κ3) is 4.07. The first-order chi connectivity index (χ1) is 11.8. The Kier molecular flexibility index (Phi) is 5.19. The van der Waals surface area contributed by atoms with Gasteiger partial charge in [-0.1, -0.05) is 0 Å². The number of alkyl halides is 3. The van der Waals surface area contributed by atoms with Crippen molar-refractivity contribution in [3.8, 4) is 0 Å². The largest absolute Gasteiger partial charge is 0.416 e. The molecule has 1 heterocycles. The molecule has 0 radical (unpaired) electrons. The lowest BCUT2D eigenvalue weighted by molar-refractivity contribution is -0.139. The average molecular weight is 395 g/mol. The maximum absolute atomic E-state index is 13.4. The van der Waals surface area contributed by atoms with E-state index in [1.165, 1.54) is 6.92 Å². The molecule has 0 bridgehead atoms. The minimum absolute atomic E-state index is 0.141. The number of benzene rings is 1. The van der Waals surface area contributed by atoms with Crippen LogP contribution in [0.25, 0.3) is 10.9 Å². The van der Waals surface area contributed by atoms with Crippen molar-refractivity contribution in [2.45, 2.75) is 26.1 Å². The number of H-pyrrole nitrogens is 1. The molecule has 0 saturated heterocycles.